The summed E-state index contributed by atoms with van der Waals surface area (Å²) in [5.74, 6) is -0.314. The summed E-state index contributed by atoms with van der Waals surface area (Å²) >= 11 is 4.64. The van der Waals surface area contributed by atoms with Crippen LogP contribution in [-0.4, -0.2) is 26.2 Å². The van der Waals surface area contributed by atoms with Gasteiger partial charge in [0.05, 0.1) is 10.7 Å². The molecule has 0 aliphatic carbocycles. The van der Waals surface area contributed by atoms with Gasteiger partial charge in [-0.05, 0) is 37.1 Å². The third-order valence-corrected chi connectivity index (χ3v) is 4.36. The van der Waals surface area contributed by atoms with E-state index in [4.69, 9.17) is 5.73 Å². The lowest BCUT2D eigenvalue weighted by atomic mass is 10.1. The van der Waals surface area contributed by atoms with E-state index in [-0.39, 0.29) is 10.7 Å². The van der Waals surface area contributed by atoms with Crippen molar-refractivity contribution in [2.45, 2.75) is 13.8 Å². The van der Waals surface area contributed by atoms with E-state index >= 15 is 0 Å². The van der Waals surface area contributed by atoms with Crippen molar-refractivity contribution in [2.24, 2.45) is 5.73 Å². The molecule has 17 heavy (non-hydrogen) atoms. The largest absolute Gasteiger partial charge is 0.392 e. The molecule has 0 bridgehead atoms. The standard InChI is InChI=1S/C11H16N2O2S2/c1-8-4-9(2)6-10(5-8)13(3)17(14,15)7-11(12)16/h4-6H,7H2,1-3H3,(H2,12,16). The highest BCUT2D eigenvalue weighted by molar-refractivity contribution is 7.95. The Balaban J connectivity index is 3.12. The van der Waals surface area contributed by atoms with E-state index in [0.29, 0.717) is 5.69 Å². The van der Waals surface area contributed by atoms with E-state index in [1.807, 2.05) is 32.0 Å². The van der Waals surface area contributed by atoms with Crippen molar-refractivity contribution < 1.29 is 8.42 Å². The first-order valence-corrected chi connectivity index (χ1v) is 7.07. The van der Waals surface area contributed by atoms with Gasteiger partial charge in [-0.15, -0.1) is 0 Å². The zero-order valence-electron chi connectivity index (χ0n) is 10.1. The number of anilines is 1. The number of sulfonamides is 1. The highest BCUT2D eigenvalue weighted by Crippen LogP contribution is 2.20. The van der Waals surface area contributed by atoms with E-state index in [1.54, 1.807) is 0 Å². The summed E-state index contributed by atoms with van der Waals surface area (Å²) in [4.78, 5) is -0.0266. The second kappa shape index (κ2) is 5.01. The molecule has 0 unspecified atom stereocenters. The average molecular weight is 272 g/mol. The highest BCUT2D eigenvalue weighted by Gasteiger charge is 2.19. The summed E-state index contributed by atoms with van der Waals surface area (Å²) in [6, 6.07) is 5.60. The SMILES string of the molecule is Cc1cc(C)cc(N(C)S(=O)(=O)CC(N)=S)c1. The number of benzene rings is 1. The molecule has 0 radical (unpaired) electrons. The molecule has 0 aliphatic heterocycles. The Morgan fingerprint density at radius 1 is 1.29 bits per heavy atom. The molecule has 1 aromatic carbocycles. The van der Waals surface area contributed by atoms with Gasteiger partial charge >= 0.3 is 0 Å². The minimum atomic E-state index is -3.48. The summed E-state index contributed by atoms with van der Waals surface area (Å²) < 4.78 is 25.1. The molecule has 0 amide bonds. The molecule has 0 aromatic heterocycles. The Bertz CT molecular complexity index is 518. The molecular weight excluding hydrogens is 256 g/mol. The number of rotatable bonds is 4. The van der Waals surface area contributed by atoms with Crippen LogP contribution in [0, 0.1) is 13.8 Å². The maximum absolute atomic E-state index is 11.9. The molecule has 0 spiro atoms. The lowest BCUT2D eigenvalue weighted by Crippen LogP contribution is -2.34. The number of nitrogens with zero attached hydrogens (tertiary/aromatic N) is 1. The fourth-order valence-electron chi connectivity index (χ4n) is 1.57. The third-order valence-electron chi connectivity index (χ3n) is 2.31. The molecule has 0 saturated heterocycles. The van der Waals surface area contributed by atoms with E-state index in [9.17, 15) is 8.42 Å². The van der Waals surface area contributed by atoms with E-state index in [2.05, 4.69) is 12.2 Å². The number of aryl methyl sites for hydroxylation is 2. The summed E-state index contributed by atoms with van der Waals surface area (Å²) in [7, 11) is -1.98. The first-order valence-electron chi connectivity index (χ1n) is 5.05. The number of hydrogen-bond donors (Lipinski definition) is 1. The molecule has 1 rings (SSSR count). The van der Waals surface area contributed by atoms with Crippen molar-refractivity contribution in [3.63, 3.8) is 0 Å². The summed E-state index contributed by atoms with van der Waals surface area (Å²) in [6.07, 6.45) is 0. The fourth-order valence-corrected chi connectivity index (χ4v) is 3.00. The Labute approximate surface area is 107 Å². The second-order valence-electron chi connectivity index (χ2n) is 4.04. The number of nitrogens with two attached hydrogens (primary N) is 1. The smallest absolute Gasteiger partial charge is 0.241 e. The molecular formula is C11H16N2O2S2. The lowest BCUT2D eigenvalue weighted by Gasteiger charge is -2.20. The molecule has 94 valence electrons. The minimum Gasteiger partial charge on any atom is -0.392 e. The Morgan fingerprint density at radius 3 is 2.18 bits per heavy atom. The molecule has 4 nitrogen and oxygen atoms in total. The van der Waals surface area contributed by atoms with Gasteiger partial charge in [0.1, 0.15) is 5.75 Å². The van der Waals surface area contributed by atoms with Crippen LogP contribution in [0.3, 0.4) is 0 Å². The first kappa shape index (κ1) is 13.9. The normalized spacial score (nSPS) is 11.2. The molecule has 0 fully saturated rings. The van der Waals surface area contributed by atoms with Crippen molar-refractivity contribution in [1.82, 2.24) is 0 Å². The van der Waals surface area contributed by atoms with Gasteiger partial charge in [0.25, 0.3) is 0 Å². The van der Waals surface area contributed by atoms with Crippen LogP contribution in [0.2, 0.25) is 0 Å². The zero-order valence-corrected chi connectivity index (χ0v) is 11.7. The quantitative estimate of drug-likeness (QED) is 0.841. The van der Waals surface area contributed by atoms with Crippen LogP contribution in [-0.2, 0) is 10.0 Å². The van der Waals surface area contributed by atoms with Crippen LogP contribution < -0.4 is 10.0 Å². The van der Waals surface area contributed by atoms with Gasteiger partial charge in [-0.3, -0.25) is 4.31 Å². The maximum Gasteiger partial charge on any atom is 0.241 e. The lowest BCUT2D eigenvalue weighted by molar-refractivity contribution is 0.598. The second-order valence-corrected chi connectivity index (χ2v) is 6.56. The van der Waals surface area contributed by atoms with E-state index in [1.165, 1.54) is 11.4 Å². The minimum absolute atomic E-state index is 0.0266. The van der Waals surface area contributed by atoms with Gasteiger partial charge in [-0.25, -0.2) is 8.42 Å². The van der Waals surface area contributed by atoms with Crippen LogP contribution in [0.25, 0.3) is 0 Å². The molecule has 1 aromatic rings. The maximum atomic E-state index is 11.9. The van der Waals surface area contributed by atoms with Crippen LogP contribution in [0.15, 0.2) is 18.2 Å². The van der Waals surface area contributed by atoms with Crippen LogP contribution in [0.5, 0.6) is 0 Å². The third kappa shape index (κ3) is 3.67. The first-order chi connectivity index (χ1) is 7.72. The van der Waals surface area contributed by atoms with E-state index < -0.39 is 10.0 Å². The summed E-state index contributed by atoms with van der Waals surface area (Å²) in [5, 5.41) is 0. The molecule has 6 heteroatoms. The van der Waals surface area contributed by atoms with Crippen molar-refractivity contribution >= 4 is 32.9 Å². The number of thiocarbonyl (C=S) groups is 1. The average Bonchev–Trinajstić information content (AvgIpc) is 2.12. The molecule has 2 N–H and O–H groups in total. The Kier molecular flexibility index (Phi) is 4.11. The van der Waals surface area contributed by atoms with Crippen molar-refractivity contribution in [3.05, 3.63) is 29.3 Å². The monoisotopic (exact) mass is 272 g/mol. The molecule has 0 aliphatic rings. The zero-order chi connectivity index (χ0) is 13.2. The fraction of sp³-hybridized carbons (Fsp3) is 0.364. The van der Waals surface area contributed by atoms with Crippen LogP contribution >= 0.6 is 12.2 Å². The van der Waals surface area contributed by atoms with Crippen molar-refractivity contribution in [1.29, 1.82) is 0 Å². The van der Waals surface area contributed by atoms with E-state index in [0.717, 1.165) is 11.1 Å². The Hall–Kier alpha value is -1.14. The van der Waals surface area contributed by atoms with Gasteiger partial charge < -0.3 is 5.73 Å². The molecule has 0 heterocycles. The van der Waals surface area contributed by atoms with Gasteiger partial charge in [0, 0.05) is 7.05 Å². The molecule has 0 atom stereocenters. The Morgan fingerprint density at radius 2 is 1.76 bits per heavy atom. The van der Waals surface area contributed by atoms with Crippen LogP contribution in [0.1, 0.15) is 11.1 Å². The number of hydrogen-bond acceptors (Lipinski definition) is 3. The summed E-state index contributed by atoms with van der Waals surface area (Å²) in [5.41, 5.74) is 7.93. The predicted octanol–water partition coefficient (Wildman–Crippen LogP) is 1.36. The highest BCUT2D eigenvalue weighted by atomic mass is 32.2. The van der Waals surface area contributed by atoms with Gasteiger partial charge in [0.15, 0.2) is 0 Å². The van der Waals surface area contributed by atoms with Gasteiger partial charge in [0.2, 0.25) is 10.0 Å². The van der Waals surface area contributed by atoms with Crippen molar-refractivity contribution in [3.8, 4) is 0 Å². The van der Waals surface area contributed by atoms with Gasteiger partial charge in [-0.1, -0.05) is 18.3 Å². The van der Waals surface area contributed by atoms with Crippen LogP contribution in [0.4, 0.5) is 5.69 Å². The molecule has 0 saturated carbocycles. The predicted molar refractivity (Wildman–Crippen MR) is 74.9 cm³/mol. The topological polar surface area (TPSA) is 63.4 Å². The summed E-state index contributed by atoms with van der Waals surface area (Å²) in [6.45, 7) is 3.84. The van der Waals surface area contributed by atoms with Gasteiger partial charge in [-0.2, -0.15) is 0 Å². The van der Waals surface area contributed by atoms with Crippen molar-refractivity contribution in [2.75, 3.05) is 17.1 Å².